The molecule has 0 bridgehead atoms. The van der Waals surface area contributed by atoms with Gasteiger partial charge in [-0.2, -0.15) is 0 Å². The predicted octanol–water partition coefficient (Wildman–Crippen LogP) is 0.633. The fraction of sp³-hybridized carbons (Fsp3) is 0.714. The molecule has 0 aromatic carbocycles. The molecule has 1 saturated heterocycles. The maximum absolute atomic E-state index is 12.1. The zero-order valence-corrected chi connectivity index (χ0v) is 12.4. The van der Waals surface area contributed by atoms with E-state index < -0.39 is 5.97 Å². The Bertz CT molecular complexity index is 379. The SMILES string of the molecule is CCC(=CCN1CCOCC1C(=O)NC(C)C)C(=O)O. The van der Waals surface area contributed by atoms with Gasteiger partial charge in [-0.1, -0.05) is 13.0 Å². The topological polar surface area (TPSA) is 78.9 Å². The van der Waals surface area contributed by atoms with Gasteiger partial charge in [0.05, 0.1) is 13.2 Å². The zero-order chi connectivity index (χ0) is 15.1. The number of carbonyl (C=O) groups excluding carboxylic acids is 1. The average molecular weight is 284 g/mol. The molecular formula is C14H24N2O4. The summed E-state index contributed by atoms with van der Waals surface area (Å²) >= 11 is 0. The van der Waals surface area contributed by atoms with Crippen LogP contribution in [0.1, 0.15) is 27.2 Å². The second-order valence-electron chi connectivity index (χ2n) is 5.14. The van der Waals surface area contributed by atoms with Crippen LogP contribution in [-0.4, -0.2) is 60.3 Å². The molecule has 2 N–H and O–H groups in total. The minimum Gasteiger partial charge on any atom is -0.478 e. The number of amides is 1. The Morgan fingerprint density at radius 2 is 2.20 bits per heavy atom. The molecule has 1 fully saturated rings. The first kappa shape index (κ1) is 16.7. The lowest BCUT2D eigenvalue weighted by Crippen LogP contribution is -2.54. The summed E-state index contributed by atoms with van der Waals surface area (Å²) in [4.78, 5) is 25.0. The lowest BCUT2D eigenvalue weighted by molar-refractivity contribution is -0.133. The van der Waals surface area contributed by atoms with Crippen LogP contribution in [0.25, 0.3) is 0 Å². The summed E-state index contributed by atoms with van der Waals surface area (Å²) in [5.41, 5.74) is 0.375. The molecule has 1 aliphatic heterocycles. The van der Waals surface area contributed by atoms with E-state index in [1.165, 1.54) is 0 Å². The summed E-state index contributed by atoms with van der Waals surface area (Å²) in [6, 6.07) is -0.277. The summed E-state index contributed by atoms with van der Waals surface area (Å²) in [6.07, 6.45) is 2.16. The Kier molecular flexibility index (Phi) is 6.67. The fourth-order valence-electron chi connectivity index (χ4n) is 2.09. The van der Waals surface area contributed by atoms with E-state index in [-0.39, 0.29) is 18.0 Å². The van der Waals surface area contributed by atoms with Gasteiger partial charge in [-0.25, -0.2) is 4.79 Å². The quantitative estimate of drug-likeness (QED) is 0.700. The van der Waals surface area contributed by atoms with E-state index >= 15 is 0 Å². The standard InChI is InChI=1S/C14H24N2O4/c1-4-11(14(18)19)5-6-16-7-8-20-9-12(16)13(17)15-10(2)3/h5,10,12H,4,6-9H2,1-3H3,(H,15,17)(H,18,19). The van der Waals surface area contributed by atoms with Gasteiger partial charge in [0.25, 0.3) is 0 Å². The highest BCUT2D eigenvalue weighted by Gasteiger charge is 2.29. The van der Waals surface area contributed by atoms with E-state index in [0.717, 1.165) is 0 Å². The maximum Gasteiger partial charge on any atom is 0.331 e. The van der Waals surface area contributed by atoms with Crippen LogP contribution >= 0.6 is 0 Å². The smallest absolute Gasteiger partial charge is 0.331 e. The number of ether oxygens (including phenoxy) is 1. The molecule has 1 aliphatic rings. The minimum absolute atomic E-state index is 0.0681. The van der Waals surface area contributed by atoms with Crippen LogP contribution in [0.5, 0.6) is 0 Å². The summed E-state index contributed by atoms with van der Waals surface area (Å²) in [6.45, 7) is 7.62. The molecule has 1 unspecified atom stereocenters. The normalized spacial score (nSPS) is 21.0. The van der Waals surface area contributed by atoms with Crippen LogP contribution in [-0.2, 0) is 14.3 Å². The lowest BCUT2D eigenvalue weighted by atomic mass is 10.1. The fourth-order valence-corrected chi connectivity index (χ4v) is 2.09. The van der Waals surface area contributed by atoms with Crippen LogP contribution in [0.15, 0.2) is 11.6 Å². The Morgan fingerprint density at radius 3 is 2.75 bits per heavy atom. The third kappa shape index (κ3) is 4.94. The second-order valence-corrected chi connectivity index (χ2v) is 5.14. The number of aliphatic carboxylic acids is 1. The van der Waals surface area contributed by atoms with E-state index in [2.05, 4.69) is 5.32 Å². The third-order valence-electron chi connectivity index (χ3n) is 3.20. The first-order valence-corrected chi connectivity index (χ1v) is 7.00. The first-order chi connectivity index (χ1) is 9.45. The Balaban J connectivity index is 2.69. The van der Waals surface area contributed by atoms with Crippen molar-refractivity contribution in [1.82, 2.24) is 10.2 Å². The highest BCUT2D eigenvalue weighted by Crippen LogP contribution is 2.09. The molecule has 0 aromatic rings. The first-order valence-electron chi connectivity index (χ1n) is 7.00. The minimum atomic E-state index is -0.899. The van der Waals surface area contributed by atoms with Gasteiger partial charge in [-0.15, -0.1) is 0 Å². The number of morpholine rings is 1. The number of carboxylic acids is 1. The average Bonchev–Trinajstić information content (AvgIpc) is 2.38. The van der Waals surface area contributed by atoms with Crippen molar-refractivity contribution in [1.29, 1.82) is 0 Å². The molecule has 1 rings (SSSR count). The molecule has 1 amide bonds. The van der Waals surface area contributed by atoms with Crippen LogP contribution in [0.2, 0.25) is 0 Å². The Hall–Kier alpha value is -1.40. The van der Waals surface area contributed by atoms with Crippen LogP contribution < -0.4 is 5.32 Å². The number of carbonyl (C=O) groups is 2. The summed E-state index contributed by atoms with van der Waals surface area (Å²) < 4.78 is 5.36. The molecule has 6 heteroatoms. The zero-order valence-electron chi connectivity index (χ0n) is 12.4. The van der Waals surface area contributed by atoms with E-state index in [9.17, 15) is 9.59 Å². The summed E-state index contributed by atoms with van der Waals surface area (Å²) in [5, 5.41) is 11.9. The van der Waals surface area contributed by atoms with E-state index in [0.29, 0.717) is 38.3 Å². The van der Waals surface area contributed by atoms with Gasteiger partial charge in [-0.05, 0) is 20.3 Å². The Labute approximate surface area is 119 Å². The van der Waals surface area contributed by atoms with Crippen LogP contribution in [0, 0.1) is 0 Å². The number of nitrogens with zero attached hydrogens (tertiary/aromatic N) is 1. The second kappa shape index (κ2) is 8.01. The van der Waals surface area contributed by atoms with Gasteiger partial charge in [0, 0.05) is 24.7 Å². The van der Waals surface area contributed by atoms with Gasteiger partial charge >= 0.3 is 5.97 Å². The van der Waals surface area contributed by atoms with E-state index in [1.807, 2.05) is 25.7 Å². The molecular weight excluding hydrogens is 260 g/mol. The molecule has 0 aliphatic carbocycles. The molecule has 0 spiro atoms. The molecule has 114 valence electrons. The van der Waals surface area contributed by atoms with Gasteiger partial charge in [-0.3, -0.25) is 9.69 Å². The number of nitrogens with one attached hydrogen (secondary N) is 1. The molecule has 0 aromatic heterocycles. The molecule has 1 atom stereocenters. The van der Waals surface area contributed by atoms with Crippen molar-refractivity contribution in [3.8, 4) is 0 Å². The molecule has 0 saturated carbocycles. The summed E-state index contributed by atoms with van der Waals surface area (Å²) in [7, 11) is 0. The number of hydrogen-bond acceptors (Lipinski definition) is 4. The number of hydrogen-bond donors (Lipinski definition) is 2. The highest BCUT2D eigenvalue weighted by molar-refractivity contribution is 5.86. The Morgan fingerprint density at radius 1 is 1.50 bits per heavy atom. The lowest BCUT2D eigenvalue weighted by Gasteiger charge is -2.34. The number of rotatable bonds is 6. The highest BCUT2D eigenvalue weighted by atomic mass is 16.5. The van der Waals surface area contributed by atoms with Crippen molar-refractivity contribution in [2.75, 3.05) is 26.3 Å². The van der Waals surface area contributed by atoms with E-state index in [4.69, 9.17) is 9.84 Å². The van der Waals surface area contributed by atoms with Crippen molar-refractivity contribution < 1.29 is 19.4 Å². The predicted molar refractivity (Wildman–Crippen MR) is 75.5 cm³/mol. The molecule has 6 nitrogen and oxygen atoms in total. The van der Waals surface area contributed by atoms with E-state index in [1.54, 1.807) is 6.08 Å². The third-order valence-corrected chi connectivity index (χ3v) is 3.20. The molecule has 0 radical (unpaired) electrons. The van der Waals surface area contributed by atoms with Gasteiger partial charge in [0.2, 0.25) is 5.91 Å². The van der Waals surface area contributed by atoms with Gasteiger partial charge < -0.3 is 15.2 Å². The number of carboxylic acid groups (broad SMARTS) is 1. The van der Waals surface area contributed by atoms with Gasteiger partial charge in [0.1, 0.15) is 6.04 Å². The summed E-state index contributed by atoms with van der Waals surface area (Å²) in [5.74, 6) is -0.967. The van der Waals surface area contributed by atoms with Crippen molar-refractivity contribution in [3.05, 3.63) is 11.6 Å². The maximum atomic E-state index is 12.1. The van der Waals surface area contributed by atoms with Crippen molar-refractivity contribution in [2.45, 2.75) is 39.3 Å². The van der Waals surface area contributed by atoms with Crippen molar-refractivity contribution in [2.24, 2.45) is 0 Å². The van der Waals surface area contributed by atoms with Crippen molar-refractivity contribution in [3.63, 3.8) is 0 Å². The van der Waals surface area contributed by atoms with Gasteiger partial charge in [0.15, 0.2) is 0 Å². The molecule has 1 heterocycles. The molecule has 20 heavy (non-hydrogen) atoms. The van der Waals surface area contributed by atoms with Crippen LogP contribution in [0.4, 0.5) is 0 Å². The largest absolute Gasteiger partial charge is 0.478 e. The van der Waals surface area contributed by atoms with Crippen molar-refractivity contribution >= 4 is 11.9 Å². The monoisotopic (exact) mass is 284 g/mol. The van der Waals surface area contributed by atoms with Crippen LogP contribution in [0.3, 0.4) is 0 Å².